The zero-order chi connectivity index (χ0) is 13.7. The topological polar surface area (TPSA) is 57.5 Å². The molecule has 0 aromatic heterocycles. The first kappa shape index (κ1) is 14.0. The van der Waals surface area contributed by atoms with E-state index in [9.17, 15) is 14.6 Å². The molecule has 0 fully saturated rings. The van der Waals surface area contributed by atoms with Crippen molar-refractivity contribution >= 4 is 8.03 Å². The van der Waals surface area contributed by atoms with Gasteiger partial charge in [0.25, 0.3) is 0 Å². The van der Waals surface area contributed by atoms with Crippen LogP contribution in [0.4, 0.5) is 0 Å². The quantitative estimate of drug-likeness (QED) is 0.825. The van der Waals surface area contributed by atoms with Gasteiger partial charge in [0, 0.05) is 12.8 Å². The molecule has 0 aliphatic rings. The fourth-order valence-corrected chi connectivity index (χ4v) is 2.79. The van der Waals surface area contributed by atoms with Gasteiger partial charge in [-0.25, -0.2) is 0 Å². The summed E-state index contributed by atoms with van der Waals surface area (Å²) in [6.07, 6.45) is 0.355. The van der Waals surface area contributed by atoms with Crippen LogP contribution in [0.15, 0.2) is 60.7 Å². The third-order valence-corrected chi connectivity index (χ3v) is 4.23. The van der Waals surface area contributed by atoms with Crippen LogP contribution >= 0.6 is 8.03 Å². The minimum absolute atomic E-state index is 0.178. The average molecular weight is 276 g/mol. The summed E-state index contributed by atoms with van der Waals surface area (Å²) in [5, 5.41) is 8.89. The molecule has 2 rings (SSSR count). The van der Waals surface area contributed by atoms with Crippen LogP contribution in [0.3, 0.4) is 0 Å². The van der Waals surface area contributed by atoms with Gasteiger partial charge in [0.05, 0.1) is 0 Å². The van der Waals surface area contributed by atoms with E-state index in [0.29, 0.717) is 0 Å². The zero-order valence-corrected chi connectivity index (χ0v) is 11.5. The van der Waals surface area contributed by atoms with Crippen LogP contribution in [0.25, 0.3) is 0 Å². The van der Waals surface area contributed by atoms with Crippen LogP contribution < -0.4 is 0 Å². The molecule has 4 heteroatoms. The van der Waals surface area contributed by atoms with E-state index in [-0.39, 0.29) is 12.8 Å². The highest BCUT2D eigenvalue weighted by molar-refractivity contribution is 7.39. The van der Waals surface area contributed by atoms with E-state index < -0.39 is 13.4 Å². The maximum Gasteiger partial charge on any atom is 0.220 e. The van der Waals surface area contributed by atoms with E-state index >= 15 is 0 Å². The van der Waals surface area contributed by atoms with E-state index in [4.69, 9.17) is 0 Å². The van der Waals surface area contributed by atoms with Crippen LogP contribution in [0.5, 0.6) is 0 Å². The van der Waals surface area contributed by atoms with Gasteiger partial charge in [-0.2, -0.15) is 0 Å². The smallest absolute Gasteiger partial charge is 0.220 e. The monoisotopic (exact) mass is 276 g/mol. The third kappa shape index (κ3) is 3.77. The van der Waals surface area contributed by atoms with Crippen LogP contribution in [-0.2, 0) is 17.4 Å². The van der Waals surface area contributed by atoms with Crippen molar-refractivity contribution in [3.05, 3.63) is 71.8 Å². The molecule has 0 saturated heterocycles. The summed E-state index contributed by atoms with van der Waals surface area (Å²) < 4.78 is 11.6. The Kier molecular flexibility index (Phi) is 4.54. The normalized spacial score (nSPS) is 13.2. The van der Waals surface area contributed by atoms with Crippen molar-refractivity contribution in [1.29, 1.82) is 0 Å². The van der Waals surface area contributed by atoms with Gasteiger partial charge in [0.15, 0.2) is 0 Å². The molecule has 2 aromatic rings. The SMILES string of the molecule is O=[PH](O)C(O)(Cc1ccccc1)Cc1ccccc1. The number of rotatable bonds is 5. The Morgan fingerprint density at radius 2 is 1.21 bits per heavy atom. The van der Waals surface area contributed by atoms with Gasteiger partial charge < -0.3 is 10.00 Å². The molecule has 1 atom stereocenters. The summed E-state index contributed by atoms with van der Waals surface area (Å²) in [6.45, 7) is 0. The van der Waals surface area contributed by atoms with Gasteiger partial charge in [-0.15, -0.1) is 0 Å². The van der Waals surface area contributed by atoms with Crippen molar-refractivity contribution in [2.75, 3.05) is 0 Å². The molecular weight excluding hydrogens is 259 g/mol. The van der Waals surface area contributed by atoms with E-state index in [1.54, 1.807) is 0 Å². The summed E-state index contributed by atoms with van der Waals surface area (Å²) in [7, 11) is -3.06. The summed E-state index contributed by atoms with van der Waals surface area (Å²) in [5.74, 6) is 0. The van der Waals surface area contributed by atoms with Crippen molar-refractivity contribution in [3.8, 4) is 0 Å². The van der Waals surface area contributed by atoms with Gasteiger partial charge in [0.1, 0.15) is 5.34 Å². The molecular formula is C15H17O3P. The van der Waals surface area contributed by atoms with Gasteiger partial charge >= 0.3 is 0 Å². The highest BCUT2D eigenvalue weighted by Gasteiger charge is 2.33. The molecule has 0 amide bonds. The van der Waals surface area contributed by atoms with Crippen molar-refractivity contribution < 1.29 is 14.6 Å². The lowest BCUT2D eigenvalue weighted by Crippen LogP contribution is -2.30. The number of benzene rings is 2. The molecule has 100 valence electrons. The molecule has 0 aliphatic heterocycles. The molecule has 19 heavy (non-hydrogen) atoms. The minimum atomic E-state index is -3.06. The van der Waals surface area contributed by atoms with E-state index in [0.717, 1.165) is 11.1 Å². The maximum atomic E-state index is 11.6. The lowest BCUT2D eigenvalue weighted by atomic mass is 10.0. The van der Waals surface area contributed by atoms with Gasteiger partial charge in [-0.05, 0) is 11.1 Å². The first-order chi connectivity index (χ1) is 9.10. The standard InChI is InChI=1S/C15H17O3P/c16-15(19(17)18,11-13-7-3-1-4-8-13)12-14-9-5-2-6-10-14/h1-10,16,19H,11-12H2,(H,17,18). The van der Waals surface area contributed by atoms with Crippen molar-refractivity contribution in [2.24, 2.45) is 0 Å². The van der Waals surface area contributed by atoms with Gasteiger partial charge in [-0.1, -0.05) is 60.7 Å². The molecule has 0 aliphatic carbocycles. The molecule has 2 aromatic carbocycles. The Hall–Kier alpha value is -1.41. The third-order valence-electron chi connectivity index (χ3n) is 3.08. The van der Waals surface area contributed by atoms with Crippen LogP contribution in [0, 0.1) is 0 Å². The van der Waals surface area contributed by atoms with E-state index in [1.165, 1.54) is 0 Å². The molecule has 2 N–H and O–H groups in total. The second-order valence-corrected chi connectivity index (χ2v) is 6.20. The average Bonchev–Trinajstić information content (AvgIpc) is 2.40. The molecule has 3 nitrogen and oxygen atoms in total. The minimum Gasteiger partial charge on any atom is -0.379 e. The summed E-state index contributed by atoms with van der Waals surface area (Å²) in [6, 6.07) is 18.6. The van der Waals surface area contributed by atoms with Crippen LogP contribution in [0.2, 0.25) is 0 Å². The van der Waals surface area contributed by atoms with Crippen molar-refractivity contribution in [3.63, 3.8) is 0 Å². The largest absolute Gasteiger partial charge is 0.379 e. The number of aliphatic hydroxyl groups is 1. The highest BCUT2D eigenvalue weighted by atomic mass is 31.1. The Balaban J connectivity index is 2.21. The summed E-state index contributed by atoms with van der Waals surface area (Å²) >= 11 is 0. The molecule has 0 spiro atoms. The predicted molar refractivity (Wildman–Crippen MR) is 76.5 cm³/mol. The first-order valence-electron chi connectivity index (χ1n) is 6.14. The number of hydrogen-bond acceptors (Lipinski definition) is 2. The van der Waals surface area contributed by atoms with Crippen molar-refractivity contribution in [2.45, 2.75) is 18.2 Å². The first-order valence-corrected chi connectivity index (χ1v) is 7.49. The van der Waals surface area contributed by atoms with Gasteiger partial charge in [0.2, 0.25) is 8.03 Å². The molecule has 0 heterocycles. The lowest BCUT2D eigenvalue weighted by Gasteiger charge is -2.25. The maximum absolute atomic E-state index is 11.6. The van der Waals surface area contributed by atoms with E-state index in [2.05, 4.69) is 0 Å². The van der Waals surface area contributed by atoms with Crippen LogP contribution in [0.1, 0.15) is 11.1 Å². The Morgan fingerprint density at radius 1 is 0.842 bits per heavy atom. The summed E-state index contributed by atoms with van der Waals surface area (Å²) in [5.41, 5.74) is 1.71. The van der Waals surface area contributed by atoms with Crippen LogP contribution in [-0.4, -0.2) is 15.3 Å². The second kappa shape index (κ2) is 6.16. The predicted octanol–water partition coefficient (Wildman–Crippen LogP) is 2.63. The highest BCUT2D eigenvalue weighted by Crippen LogP contribution is 2.38. The Labute approximate surface area is 113 Å². The zero-order valence-electron chi connectivity index (χ0n) is 10.5. The molecule has 0 radical (unpaired) electrons. The van der Waals surface area contributed by atoms with E-state index in [1.807, 2.05) is 60.7 Å². The molecule has 0 saturated carbocycles. The Morgan fingerprint density at radius 3 is 1.53 bits per heavy atom. The molecule has 0 bridgehead atoms. The summed E-state index contributed by atoms with van der Waals surface area (Å²) in [4.78, 5) is 9.49. The van der Waals surface area contributed by atoms with Gasteiger partial charge in [-0.3, -0.25) is 4.57 Å². The second-order valence-electron chi connectivity index (χ2n) is 4.66. The fraction of sp³-hybridized carbons (Fsp3) is 0.200. The fourth-order valence-electron chi connectivity index (χ4n) is 2.08. The number of hydrogen-bond donors (Lipinski definition) is 2. The Bertz CT molecular complexity index is 498. The van der Waals surface area contributed by atoms with Crippen molar-refractivity contribution in [1.82, 2.24) is 0 Å². The lowest BCUT2D eigenvalue weighted by molar-refractivity contribution is 0.116. The molecule has 1 unspecified atom stereocenters.